The summed E-state index contributed by atoms with van der Waals surface area (Å²) in [7, 11) is 1.66. The molecular weight excluding hydrogens is 380 g/mol. The third kappa shape index (κ3) is 3.29. The SMILES string of the molecule is COc1ccc2c(c1)cc(Cn1c(=O)[nH]c3ccnc(C4CC4)c31)n2CCCCO. The van der Waals surface area contributed by atoms with Gasteiger partial charge in [0.25, 0.3) is 0 Å². The van der Waals surface area contributed by atoms with E-state index < -0.39 is 0 Å². The standard InChI is InChI=1S/C23H26N4O3/c1-30-18-6-7-20-16(13-18)12-17(26(20)10-2-3-11-28)14-27-22-19(25-23(27)29)8-9-24-21(22)15-4-5-15/h6-9,12-13,15,28H,2-5,10-11,14H2,1H3,(H,25,29). The largest absolute Gasteiger partial charge is 0.497 e. The molecule has 0 radical (unpaired) electrons. The lowest BCUT2D eigenvalue weighted by atomic mass is 10.2. The first-order chi connectivity index (χ1) is 14.7. The number of aliphatic hydroxyl groups excluding tert-OH is 1. The predicted octanol–water partition coefficient (Wildman–Crippen LogP) is 3.39. The number of nitrogens with one attached hydrogen (secondary N) is 1. The summed E-state index contributed by atoms with van der Waals surface area (Å²) >= 11 is 0. The van der Waals surface area contributed by atoms with Crippen molar-refractivity contribution >= 4 is 21.9 Å². The fourth-order valence-corrected chi connectivity index (χ4v) is 4.32. The number of aryl methyl sites for hydroxylation is 1. The number of methoxy groups -OCH3 is 1. The predicted molar refractivity (Wildman–Crippen MR) is 116 cm³/mol. The van der Waals surface area contributed by atoms with Crippen LogP contribution in [0, 0.1) is 0 Å². The summed E-state index contributed by atoms with van der Waals surface area (Å²) < 4.78 is 9.47. The summed E-state index contributed by atoms with van der Waals surface area (Å²) in [5, 5.41) is 10.3. The van der Waals surface area contributed by atoms with Crippen molar-refractivity contribution in [3.8, 4) is 5.75 Å². The highest BCUT2D eigenvalue weighted by Gasteiger charge is 2.29. The molecule has 3 heterocycles. The lowest BCUT2D eigenvalue weighted by Gasteiger charge is -2.12. The van der Waals surface area contributed by atoms with E-state index in [1.54, 1.807) is 13.3 Å². The molecule has 4 aromatic rings. The van der Waals surface area contributed by atoms with Gasteiger partial charge >= 0.3 is 5.69 Å². The molecule has 156 valence electrons. The molecule has 0 saturated heterocycles. The Bertz CT molecular complexity index is 1260. The Morgan fingerprint density at radius 2 is 2.07 bits per heavy atom. The van der Waals surface area contributed by atoms with Crippen molar-refractivity contribution in [1.29, 1.82) is 0 Å². The number of rotatable bonds is 8. The molecule has 7 nitrogen and oxygen atoms in total. The molecule has 0 aliphatic heterocycles. The quantitative estimate of drug-likeness (QED) is 0.439. The minimum Gasteiger partial charge on any atom is -0.497 e. The topological polar surface area (TPSA) is 85.1 Å². The minimum absolute atomic E-state index is 0.107. The number of hydrogen-bond donors (Lipinski definition) is 2. The van der Waals surface area contributed by atoms with Crippen LogP contribution in [0.2, 0.25) is 0 Å². The molecule has 0 bridgehead atoms. The second-order valence-corrected chi connectivity index (χ2v) is 8.03. The van der Waals surface area contributed by atoms with E-state index in [0.717, 1.165) is 71.3 Å². The van der Waals surface area contributed by atoms with Crippen molar-refractivity contribution in [3.63, 3.8) is 0 Å². The first-order valence-electron chi connectivity index (χ1n) is 10.5. The number of pyridine rings is 1. The van der Waals surface area contributed by atoms with Gasteiger partial charge in [0.15, 0.2) is 0 Å². The zero-order valence-corrected chi connectivity index (χ0v) is 17.1. The summed E-state index contributed by atoms with van der Waals surface area (Å²) in [4.78, 5) is 20.4. The van der Waals surface area contributed by atoms with Crippen LogP contribution in [-0.2, 0) is 13.1 Å². The fraction of sp³-hybridized carbons (Fsp3) is 0.391. The molecule has 1 aliphatic rings. The third-order valence-electron chi connectivity index (χ3n) is 5.98. The zero-order chi connectivity index (χ0) is 20.7. The first kappa shape index (κ1) is 18.9. The molecule has 0 spiro atoms. The van der Waals surface area contributed by atoms with Gasteiger partial charge in [0.1, 0.15) is 5.75 Å². The number of unbranched alkanes of at least 4 members (excludes halogenated alkanes) is 1. The average Bonchev–Trinajstić information content (AvgIpc) is 3.48. The normalized spacial score (nSPS) is 14.1. The Kier molecular flexibility index (Phi) is 4.83. The van der Waals surface area contributed by atoms with E-state index in [1.165, 1.54) is 0 Å². The number of hydrogen-bond acceptors (Lipinski definition) is 4. The highest BCUT2D eigenvalue weighted by Crippen LogP contribution is 2.41. The Hall–Kier alpha value is -3.06. The van der Waals surface area contributed by atoms with Gasteiger partial charge in [-0.05, 0) is 56.0 Å². The Morgan fingerprint density at radius 1 is 1.20 bits per heavy atom. The van der Waals surface area contributed by atoms with Crippen LogP contribution in [0.4, 0.5) is 0 Å². The Labute approximate surface area is 173 Å². The maximum absolute atomic E-state index is 12.8. The number of ether oxygens (including phenoxy) is 1. The minimum atomic E-state index is -0.107. The van der Waals surface area contributed by atoms with Crippen LogP contribution >= 0.6 is 0 Å². The van der Waals surface area contributed by atoms with Crippen molar-refractivity contribution < 1.29 is 9.84 Å². The van der Waals surface area contributed by atoms with Crippen LogP contribution in [0.15, 0.2) is 41.3 Å². The zero-order valence-electron chi connectivity index (χ0n) is 17.1. The highest BCUT2D eigenvalue weighted by molar-refractivity contribution is 5.83. The number of aromatic nitrogens is 4. The molecule has 1 aromatic carbocycles. The van der Waals surface area contributed by atoms with E-state index in [4.69, 9.17) is 4.74 Å². The van der Waals surface area contributed by atoms with Gasteiger partial charge < -0.3 is 19.4 Å². The van der Waals surface area contributed by atoms with Gasteiger partial charge in [-0.1, -0.05) is 0 Å². The van der Waals surface area contributed by atoms with E-state index in [1.807, 2.05) is 22.8 Å². The van der Waals surface area contributed by atoms with Crippen molar-refractivity contribution in [2.24, 2.45) is 0 Å². The summed E-state index contributed by atoms with van der Waals surface area (Å²) in [5.41, 5.74) is 4.86. The van der Waals surface area contributed by atoms with E-state index in [0.29, 0.717) is 12.5 Å². The Morgan fingerprint density at radius 3 is 2.83 bits per heavy atom. The monoisotopic (exact) mass is 406 g/mol. The van der Waals surface area contributed by atoms with Crippen molar-refractivity contribution in [2.45, 2.75) is 44.7 Å². The van der Waals surface area contributed by atoms with Crippen LogP contribution < -0.4 is 10.4 Å². The van der Waals surface area contributed by atoms with E-state index in [2.05, 4.69) is 26.7 Å². The first-order valence-corrected chi connectivity index (χ1v) is 10.5. The summed E-state index contributed by atoms with van der Waals surface area (Å²) in [6.45, 7) is 1.44. The number of aromatic amines is 1. The second kappa shape index (κ2) is 7.65. The maximum Gasteiger partial charge on any atom is 0.326 e. The second-order valence-electron chi connectivity index (χ2n) is 8.03. The van der Waals surface area contributed by atoms with E-state index in [9.17, 15) is 9.90 Å². The molecule has 3 aromatic heterocycles. The van der Waals surface area contributed by atoms with Gasteiger partial charge in [0, 0.05) is 41.9 Å². The molecule has 1 saturated carbocycles. The molecule has 0 atom stereocenters. The van der Waals surface area contributed by atoms with Crippen LogP contribution in [0.5, 0.6) is 5.75 Å². The van der Waals surface area contributed by atoms with Crippen LogP contribution in [-0.4, -0.2) is 37.9 Å². The number of aliphatic hydroxyl groups is 1. The van der Waals surface area contributed by atoms with Gasteiger partial charge in [0.2, 0.25) is 0 Å². The number of H-pyrrole nitrogens is 1. The third-order valence-corrected chi connectivity index (χ3v) is 5.98. The number of benzene rings is 1. The molecule has 0 unspecified atom stereocenters. The molecule has 0 amide bonds. The highest BCUT2D eigenvalue weighted by atomic mass is 16.5. The van der Waals surface area contributed by atoms with E-state index >= 15 is 0 Å². The lowest BCUT2D eigenvalue weighted by molar-refractivity contribution is 0.281. The van der Waals surface area contributed by atoms with Gasteiger partial charge in [0.05, 0.1) is 30.4 Å². The smallest absolute Gasteiger partial charge is 0.326 e. The van der Waals surface area contributed by atoms with Crippen LogP contribution in [0.3, 0.4) is 0 Å². The Balaban J connectivity index is 1.62. The van der Waals surface area contributed by atoms with Crippen molar-refractivity contribution in [2.75, 3.05) is 13.7 Å². The van der Waals surface area contributed by atoms with Crippen LogP contribution in [0.25, 0.3) is 21.9 Å². The maximum atomic E-state index is 12.8. The summed E-state index contributed by atoms with van der Waals surface area (Å²) in [6, 6.07) is 10.1. The summed E-state index contributed by atoms with van der Waals surface area (Å²) in [5.74, 6) is 1.26. The van der Waals surface area contributed by atoms with Gasteiger partial charge in [-0.3, -0.25) is 9.55 Å². The van der Waals surface area contributed by atoms with Gasteiger partial charge in [-0.15, -0.1) is 0 Å². The fourth-order valence-electron chi connectivity index (χ4n) is 4.32. The molecule has 30 heavy (non-hydrogen) atoms. The molecule has 1 aliphatic carbocycles. The van der Waals surface area contributed by atoms with Gasteiger partial charge in [-0.25, -0.2) is 4.79 Å². The number of fused-ring (bicyclic) bond motifs is 2. The number of imidazole rings is 1. The lowest BCUT2D eigenvalue weighted by Crippen LogP contribution is -2.20. The molecule has 7 heteroatoms. The van der Waals surface area contributed by atoms with Crippen LogP contribution in [0.1, 0.15) is 43.0 Å². The molecule has 5 rings (SSSR count). The molecule has 1 fully saturated rings. The van der Waals surface area contributed by atoms with Gasteiger partial charge in [-0.2, -0.15) is 0 Å². The average molecular weight is 406 g/mol. The molecular formula is C23H26N4O3. The molecule has 2 N–H and O–H groups in total. The van der Waals surface area contributed by atoms with Crippen molar-refractivity contribution in [1.82, 2.24) is 19.1 Å². The van der Waals surface area contributed by atoms with Crippen molar-refractivity contribution in [3.05, 3.63) is 58.4 Å². The summed E-state index contributed by atoms with van der Waals surface area (Å²) in [6.07, 6.45) is 5.67. The number of nitrogens with zero attached hydrogens (tertiary/aromatic N) is 3. The van der Waals surface area contributed by atoms with E-state index in [-0.39, 0.29) is 12.3 Å².